The highest BCUT2D eigenvalue weighted by Gasteiger charge is 2.42. The smallest absolute Gasteiger partial charge is 0.248 e. The van der Waals surface area contributed by atoms with Crippen LogP contribution in [0.25, 0.3) is 0 Å². The molecule has 0 radical (unpaired) electrons. The summed E-state index contributed by atoms with van der Waals surface area (Å²) in [5.41, 5.74) is 11.3. The molecule has 0 aliphatic carbocycles. The molecule has 0 aromatic heterocycles. The lowest BCUT2D eigenvalue weighted by atomic mass is 9.76. The van der Waals surface area contributed by atoms with E-state index in [1.807, 2.05) is 19.9 Å². The van der Waals surface area contributed by atoms with Gasteiger partial charge in [0.2, 0.25) is 11.8 Å². The molecule has 1 aromatic carbocycles. The van der Waals surface area contributed by atoms with Crippen LogP contribution in [0.1, 0.15) is 36.2 Å². The van der Waals surface area contributed by atoms with Gasteiger partial charge >= 0.3 is 0 Å². The summed E-state index contributed by atoms with van der Waals surface area (Å²) >= 11 is 0. The molecule has 0 bridgehead atoms. The van der Waals surface area contributed by atoms with E-state index in [9.17, 15) is 9.59 Å². The van der Waals surface area contributed by atoms with E-state index in [0.29, 0.717) is 12.0 Å². The summed E-state index contributed by atoms with van der Waals surface area (Å²) in [4.78, 5) is 27.8. The molecule has 0 fully saturated rings. The van der Waals surface area contributed by atoms with Crippen LogP contribution in [-0.2, 0) is 10.3 Å². The number of nitrogens with zero attached hydrogens (tertiary/aromatic N) is 1. The molecule has 2 amide bonds. The molecule has 1 unspecified atom stereocenters. The molecule has 1 aliphatic heterocycles. The highest BCUT2D eigenvalue weighted by molar-refractivity contribution is 6.00. The van der Waals surface area contributed by atoms with Crippen molar-refractivity contribution in [1.82, 2.24) is 5.32 Å². The second-order valence-electron chi connectivity index (χ2n) is 5.04. The van der Waals surface area contributed by atoms with Crippen LogP contribution in [0.5, 0.6) is 0 Å². The van der Waals surface area contributed by atoms with Crippen LogP contribution in [0.3, 0.4) is 0 Å². The van der Waals surface area contributed by atoms with Crippen LogP contribution in [0.4, 0.5) is 0 Å². The Morgan fingerprint density at radius 2 is 2.20 bits per heavy atom. The fraction of sp³-hybridized carbons (Fsp3) is 0.357. The van der Waals surface area contributed by atoms with Gasteiger partial charge in [0.25, 0.3) is 0 Å². The number of guanidine groups is 1. The van der Waals surface area contributed by atoms with Gasteiger partial charge in [-0.25, -0.2) is 4.99 Å². The zero-order valence-corrected chi connectivity index (χ0v) is 11.5. The Labute approximate surface area is 117 Å². The minimum Gasteiger partial charge on any atom is -0.370 e. The average molecular weight is 274 g/mol. The number of primary amides is 1. The van der Waals surface area contributed by atoms with E-state index in [2.05, 4.69) is 10.3 Å². The van der Waals surface area contributed by atoms with Crippen molar-refractivity contribution in [2.45, 2.75) is 25.8 Å². The first-order chi connectivity index (χ1) is 9.38. The lowest BCUT2D eigenvalue weighted by Gasteiger charge is -2.37. The van der Waals surface area contributed by atoms with Crippen LogP contribution in [0.2, 0.25) is 0 Å². The lowest BCUT2D eigenvalue weighted by Crippen LogP contribution is -2.52. The normalized spacial score (nSPS) is 25.8. The summed E-state index contributed by atoms with van der Waals surface area (Å²) in [7, 11) is 0. The van der Waals surface area contributed by atoms with Crippen molar-refractivity contribution < 1.29 is 9.59 Å². The Morgan fingerprint density at radius 3 is 2.80 bits per heavy atom. The zero-order valence-electron chi connectivity index (χ0n) is 11.5. The number of hydrogen-bond donors (Lipinski definition) is 3. The first-order valence-corrected chi connectivity index (χ1v) is 6.45. The highest BCUT2D eigenvalue weighted by atomic mass is 16.2. The van der Waals surface area contributed by atoms with Gasteiger partial charge in [0.05, 0.1) is 11.5 Å². The van der Waals surface area contributed by atoms with E-state index in [4.69, 9.17) is 11.5 Å². The third-order valence-corrected chi connectivity index (χ3v) is 3.74. The maximum atomic E-state index is 12.1. The monoisotopic (exact) mass is 274 g/mol. The van der Waals surface area contributed by atoms with E-state index in [-0.39, 0.29) is 17.8 Å². The molecule has 2 rings (SSSR count). The summed E-state index contributed by atoms with van der Waals surface area (Å²) < 4.78 is 0. The SMILES string of the molecule is CCC1C(=O)NC(N)=N[C@]1(C)c1cccc(C(N)=O)c1. The molecule has 1 aliphatic rings. The van der Waals surface area contributed by atoms with E-state index in [1.54, 1.807) is 18.2 Å². The van der Waals surface area contributed by atoms with Crippen LogP contribution in [-0.4, -0.2) is 17.8 Å². The van der Waals surface area contributed by atoms with Crippen LogP contribution >= 0.6 is 0 Å². The topological polar surface area (TPSA) is 111 Å². The van der Waals surface area contributed by atoms with Gasteiger partial charge in [-0.2, -0.15) is 0 Å². The average Bonchev–Trinajstić information content (AvgIpc) is 2.38. The number of benzene rings is 1. The summed E-state index contributed by atoms with van der Waals surface area (Å²) in [6.45, 7) is 3.75. The van der Waals surface area contributed by atoms with E-state index < -0.39 is 11.4 Å². The number of carbonyl (C=O) groups excluding carboxylic acids is 2. The second kappa shape index (κ2) is 4.96. The Kier molecular flexibility index (Phi) is 3.48. The molecule has 106 valence electrons. The Bertz CT molecular complexity index is 597. The fourth-order valence-electron chi connectivity index (χ4n) is 2.66. The molecule has 0 saturated carbocycles. The Hall–Kier alpha value is -2.37. The van der Waals surface area contributed by atoms with Gasteiger partial charge in [0.1, 0.15) is 0 Å². The molecular formula is C14H18N4O2. The van der Waals surface area contributed by atoms with Gasteiger partial charge in [-0.3, -0.25) is 14.9 Å². The minimum absolute atomic E-state index is 0.0895. The summed E-state index contributed by atoms with van der Waals surface area (Å²) in [6, 6.07) is 6.85. The van der Waals surface area contributed by atoms with Gasteiger partial charge in [-0.05, 0) is 31.0 Å². The first-order valence-electron chi connectivity index (χ1n) is 6.45. The third kappa shape index (κ3) is 2.24. The van der Waals surface area contributed by atoms with Crippen molar-refractivity contribution in [3.63, 3.8) is 0 Å². The predicted molar refractivity (Wildman–Crippen MR) is 75.9 cm³/mol. The quantitative estimate of drug-likeness (QED) is 0.745. The summed E-state index contributed by atoms with van der Waals surface area (Å²) in [5.74, 6) is -0.933. The van der Waals surface area contributed by atoms with Crippen molar-refractivity contribution in [2.75, 3.05) is 0 Å². The Balaban J connectivity index is 2.57. The number of carbonyl (C=O) groups is 2. The molecule has 6 heteroatoms. The fourth-order valence-corrected chi connectivity index (χ4v) is 2.66. The molecule has 6 nitrogen and oxygen atoms in total. The number of rotatable bonds is 3. The molecule has 5 N–H and O–H groups in total. The molecule has 0 saturated heterocycles. The summed E-state index contributed by atoms with van der Waals surface area (Å²) in [5, 5.41) is 2.54. The van der Waals surface area contributed by atoms with Gasteiger partial charge in [-0.15, -0.1) is 0 Å². The molecule has 1 aromatic rings. The van der Waals surface area contributed by atoms with E-state index in [0.717, 1.165) is 5.56 Å². The zero-order chi connectivity index (χ0) is 14.9. The highest BCUT2D eigenvalue weighted by Crippen LogP contribution is 2.37. The van der Waals surface area contributed by atoms with E-state index >= 15 is 0 Å². The maximum Gasteiger partial charge on any atom is 0.248 e. The molecular weight excluding hydrogens is 256 g/mol. The molecule has 1 heterocycles. The lowest BCUT2D eigenvalue weighted by molar-refractivity contribution is -0.126. The molecule has 0 spiro atoms. The van der Waals surface area contributed by atoms with Gasteiger partial charge in [0, 0.05) is 5.56 Å². The number of amides is 2. The molecule has 20 heavy (non-hydrogen) atoms. The largest absolute Gasteiger partial charge is 0.370 e. The van der Waals surface area contributed by atoms with Crippen molar-refractivity contribution in [1.29, 1.82) is 0 Å². The first kappa shape index (κ1) is 14.0. The van der Waals surface area contributed by atoms with Crippen molar-refractivity contribution >= 4 is 17.8 Å². The van der Waals surface area contributed by atoms with Gasteiger partial charge in [-0.1, -0.05) is 19.1 Å². The van der Waals surface area contributed by atoms with Crippen molar-refractivity contribution in [3.05, 3.63) is 35.4 Å². The number of nitrogens with two attached hydrogens (primary N) is 2. The van der Waals surface area contributed by atoms with Crippen LogP contribution in [0.15, 0.2) is 29.3 Å². The number of aliphatic imine (C=N–C) groups is 1. The van der Waals surface area contributed by atoms with E-state index in [1.165, 1.54) is 0 Å². The van der Waals surface area contributed by atoms with Crippen molar-refractivity contribution in [3.8, 4) is 0 Å². The standard InChI is InChI=1S/C14H18N4O2/c1-3-10-12(20)17-13(16)18-14(10,2)9-6-4-5-8(7-9)11(15)19/h4-7,10H,3H2,1-2H3,(H2,15,19)(H3,16,17,18,20)/t10?,14-/m1/s1. The van der Waals surface area contributed by atoms with Gasteiger partial charge < -0.3 is 11.5 Å². The number of hydrogen-bond acceptors (Lipinski definition) is 4. The minimum atomic E-state index is -0.799. The molecule has 2 atom stereocenters. The van der Waals surface area contributed by atoms with Gasteiger partial charge in [0.15, 0.2) is 5.96 Å². The Morgan fingerprint density at radius 1 is 1.50 bits per heavy atom. The second-order valence-corrected chi connectivity index (χ2v) is 5.04. The maximum absolute atomic E-state index is 12.1. The third-order valence-electron chi connectivity index (χ3n) is 3.74. The van der Waals surface area contributed by atoms with Crippen molar-refractivity contribution in [2.24, 2.45) is 22.4 Å². The van der Waals surface area contributed by atoms with Crippen LogP contribution < -0.4 is 16.8 Å². The van der Waals surface area contributed by atoms with Crippen LogP contribution in [0, 0.1) is 5.92 Å². The predicted octanol–water partition coefficient (Wildman–Crippen LogP) is 0.471. The summed E-state index contributed by atoms with van der Waals surface area (Å²) in [6.07, 6.45) is 0.611. The number of nitrogens with one attached hydrogen (secondary N) is 1.